The summed E-state index contributed by atoms with van der Waals surface area (Å²) in [5, 5.41) is 15.1. The average molecular weight is 371 g/mol. The number of piperidine rings is 1. The lowest BCUT2D eigenvalue weighted by Gasteiger charge is -2.41. The number of rotatable bonds is 6. The van der Waals surface area contributed by atoms with Crippen LogP contribution in [0.3, 0.4) is 0 Å². The van der Waals surface area contributed by atoms with Crippen LogP contribution in [0.1, 0.15) is 44.5 Å². The maximum atomic E-state index is 12.4. The number of carbonyl (C=O) groups excluding carboxylic acids is 1. The second-order valence-electron chi connectivity index (χ2n) is 8.36. The van der Waals surface area contributed by atoms with Gasteiger partial charge in [-0.2, -0.15) is 5.21 Å². The number of nitrogens with one attached hydrogen (secondary N) is 1. The minimum atomic E-state index is -0.342. The third kappa shape index (κ3) is 4.03. The van der Waals surface area contributed by atoms with Crippen molar-refractivity contribution in [3.05, 3.63) is 41.7 Å². The van der Waals surface area contributed by atoms with Crippen LogP contribution in [-0.2, 0) is 10.2 Å². The zero-order valence-electron chi connectivity index (χ0n) is 16.8. The molecule has 0 bridgehead atoms. The van der Waals surface area contributed by atoms with Gasteiger partial charge in [-0.05, 0) is 44.5 Å². The highest BCUT2D eigenvalue weighted by molar-refractivity contribution is 5.81. The Morgan fingerprint density at radius 3 is 2.44 bits per heavy atom. The van der Waals surface area contributed by atoms with Gasteiger partial charge in [0.05, 0.1) is 5.41 Å². The van der Waals surface area contributed by atoms with Gasteiger partial charge in [0.15, 0.2) is 5.82 Å². The van der Waals surface area contributed by atoms with Crippen molar-refractivity contribution >= 4 is 5.91 Å². The van der Waals surface area contributed by atoms with Crippen molar-refractivity contribution in [3.63, 3.8) is 0 Å². The summed E-state index contributed by atoms with van der Waals surface area (Å²) in [4.78, 5) is 16.5. The number of amides is 1. The van der Waals surface area contributed by atoms with E-state index in [1.54, 1.807) is 4.90 Å². The zero-order chi connectivity index (χ0) is 19.5. The molecule has 0 radical (unpaired) electrons. The molecule has 1 aromatic carbocycles. The highest BCUT2D eigenvalue weighted by Gasteiger charge is 2.41. The van der Waals surface area contributed by atoms with Crippen molar-refractivity contribution in [3.8, 4) is 0 Å². The third-order valence-electron chi connectivity index (χ3n) is 5.85. The Bertz CT molecular complexity index is 733. The van der Waals surface area contributed by atoms with E-state index in [0.717, 1.165) is 44.7 Å². The first-order valence-electron chi connectivity index (χ1n) is 9.59. The van der Waals surface area contributed by atoms with E-state index in [0.29, 0.717) is 0 Å². The summed E-state index contributed by atoms with van der Waals surface area (Å²) in [5.41, 5.74) is 0.708. The number of H-pyrrole nitrogens is 1. The summed E-state index contributed by atoms with van der Waals surface area (Å²) in [6.07, 6.45) is 2.74. The molecule has 1 fully saturated rings. The smallest absolute Gasteiger partial charge is 0.227 e. The first-order chi connectivity index (χ1) is 12.8. The van der Waals surface area contributed by atoms with E-state index in [1.807, 2.05) is 34.0 Å². The van der Waals surface area contributed by atoms with Crippen molar-refractivity contribution in [2.45, 2.75) is 38.5 Å². The summed E-state index contributed by atoms with van der Waals surface area (Å²) in [5.74, 6) is 0.960. The maximum Gasteiger partial charge on any atom is 0.227 e. The number of nitrogens with zero attached hydrogens (tertiary/aromatic N) is 5. The van der Waals surface area contributed by atoms with E-state index in [1.165, 1.54) is 5.56 Å². The Morgan fingerprint density at radius 2 is 1.89 bits per heavy atom. The van der Waals surface area contributed by atoms with Crippen molar-refractivity contribution < 1.29 is 4.79 Å². The number of hydrogen-bond donors (Lipinski definition) is 1. The van der Waals surface area contributed by atoms with Gasteiger partial charge in [0.2, 0.25) is 5.91 Å². The molecule has 146 valence electrons. The molecule has 7 nitrogen and oxygen atoms in total. The van der Waals surface area contributed by atoms with E-state index in [-0.39, 0.29) is 16.7 Å². The van der Waals surface area contributed by atoms with Crippen LogP contribution in [-0.4, -0.2) is 70.1 Å². The Labute approximate surface area is 161 Å². The van der Waals surface area contributed by atoms with Gasteiger partial charge in [-0.25, -0.2) is 0 Å². The van der Waals surface area contributed by atoms with Gasteiger partial charge < -0.3 is 9.80 Å². The zero-order valence-corrected chi connectivity index (χ0v) is 16.8. The van der Waals surface area contributed by atoms with Crippen LogP contribution in [0.4, 0.5) is 0 Å². The minimum absolute atomic E-state index is 0.185. The lowest BCUT2D eigenvalue weighted by Crippen LogP contribution is -2.46. The molecule has 1 aliphatic rings. The Morgan fingerprint density at radius 1 is 1.22 bits per heavy atom. The fourth-order valence-corrected chi connectivity index (χ4v) is 4.07. The normalized spacial score (nSPS) is 17.6. The van der Waals surface area contributed by atoms with E-state index in [2.05, 4.69) is 49.8 Å². The van der Waals surface area contributed by atoms with Gasteiger partial charge in [0, 0.05) is 19.5 Å². The van der Waals surface area contributed by atoms with Gasteiger partial charge in [-0.1, -0.05) is 49.4 Å². The van der Waals surface area contributed by atoms with Gasteiger partial charge in [0.1, 0.15) is 0 Å². The number of carbonyl (C=O) groups is 1. The van der Waals surface area contributed by atoms with E-state index in [9.17, 15) is 4.79 Å². The van der Waals surface area contributed by atoms with Crippen LogP contribution in [0, 0.1) is 5.41 Å². The average Bonchev–Trinajstić information content (AvgIpc) is 3.22. The third-order valence-corrected chi connectivity index (χ3v) is 5.85. The molecule has 1 N–H and O–H groups in total. The molecule has 2 aromatic rings. The highest BCUT2D eigenvalue weighted by Crippen LogP contribution is 2.40. The highest BCUT2D eigenvalue weighted by atomic mass is 16.2. The van der Waals surface area contributed by atoms with Gasteiger partial charge in [-0.3, -0.25) is 4.79 Å². The standard InChI is InChI=1S/C20H30N6O/c1-19(2,18(27)25(3)4)10-13-26-14-11-20(12-15-26,17-21-23-24-22-17)16-8-6-5-7-9-16/h5-9H,10-15H2,1-4H3,(H,21,22,23,24). The molecule has 0 atom stereocenters. The molecule has 1 aromatic heterocycles. The predicted octanol–water partition coefficient (Wildman–Crippen LogP) is 2.09. The number of benzene rings is 1. The molecule has 2 heterocycles. The van der Waals surface area contributed by atoms with E-state index in [4.69, 9.17) is 0 Å². The fourth-order valence-electron chi connectivity index (χ4n) is 4.07. The number of aromatic amines is 1. The molecule has 1 saturated heterocycles. The molecule has 7 heteroatoms. The molecule has 0 unspecified atom stereocenters. The molecule has 27 heavy (non-hydrogen) atoms. The number of hydrogen-bond acceptors (Lipinski definition) is 5. The number of aromatic nitrogens is 4. The van der Waals surface area contributed by atoms with Gasteiger partial charge in [0.25, 0.3) is 0 Å². The van der Waals surface area contributed by atoms with Crippen LogP contribution in [0.5, 0.6) is 0 Å². The Kier molecular flexibility index (Phi) is 5.60. The van der Waals surface area contributed by atoms with Gasteiger partial charge >= 0.3 is 0 Å². The van der Waals surface area contributed by atoms with Gasteiger partial charge in [-0.15, -0.1) is 10.2 Å². The van der Waals surface area contributed by atoms with Crippen molar-refractivity contribution in [1.82, 2.24) is 30.4 Å². The molecule has 1 amide bonds. The summed E-state index contributed by atoms with van der Waals surface area (Å²) < 4.78 is 0. The molecule has 0 saturated carbocycles. The summed E-state index contributed by atoms with van der Waals surface area (Å²) in [7, 11) is 3.65. The minimum Gasteiger partial charge on any atom is -0.348 e. The summed E-state index contributed by atoms with van der Waals surface area (Å²) in [6.45, 7) is 6.90. The largest absolute Gasteiger partial charge is 0.348 e. The second-order valence-corrected chi connectivity index (χ2v) is 8.36. The lowest BCUT2D eigenvalue weighted by atomic mass is 9.72. The topological polar surface area (TPSA) is 78.0 Å². The summed E-state index contributed by atoms with van der Waals surface area (Å²) in [6, 6.07) is 10.5. The molecule has 0 aliphatic carbocycles. The second kappa shape index (κ2) is 7.76. The summed E-state index contributed by atoms with van der Waals surface area (Å²) >= 11 is 0. The molecule has 1 aliphatic heterocycles. The van der Waals surface area contributed by atoms with Crippen LogP contribution < -0.4 is 0 Å². The molecular weight excluding hydrogens is 340 g/mol. The maximum absolute atomic E-state index is 12.4. The Hall–Kier alpha value is -2.28. The first kappa shape index (κ1) is 19.5. The molecule has 0 spiro atoms. The lowest BCUT2D eigenvalue weighted by molar-refractivity contribution is -0.138. The van der Waals surface area contributed by atoms with Crippen molar-refractivity contribution in [2.75, 3.05) is 33.7 Å². The fraction of sp³-hybridized carbons (Fsp3) is 0.600. The van der Waals surface area contributed by atoms with E-state index >= 15 is 0 Å². The quantitative estimate of drug-likeness (QED) is 0.842. The van der Waals surface area contributed by atoms with Crippen LogP contribution in [0.15, 0.2) is 30.3 Å². The van der Waals surface area contributed by atoms with Crippen LogP contribution >= 0.6 is 0 Å². The number of likely N-dealkylation sites (tertiary alicyclic amines) is 1. The van der Waals surface area contributed by atoms with Crippen LogP contribution in [0.2, 0.25) is 0 Å². The first-order valence-corrected chi connectivity index (χ1v) is 9.59. The Balaban J connectivity index is 1.68. The molecule has 3 rings (SSSR count). The predicted molar refractivity (Wildman–Crippen MR) is 104 cm³/mol. The monoisotopic (exact) mass is 370 g/mol. The van der Waals surface area contributed by atoms with Crippen molar-refractivity contribution in [2.24, 2.45) is 5.41 Å². The SMILES string of the molecule is CN(C)C(=O)C(C)(C)CCN1CCC(c2ccccc2)(c2nn[nH]n2)CC1. The molecular formula is C20H30N6O. The number of tetrazole rings is 1. The van der Waals surface area contributed by atoms with E-state index < -0.39 is 0 Å². The van der Waals surface area contributed by atoms with Crippen molar-refractivity contribution in [1.29, 1.82) is 0 Å². The van der Waals surface area contributed by atoms with Crippen LogP contribution in [0.25, 0.3) is 0 Å².